The molecular weight excluding hydrogens is 382 g/mol. The van der Waals surface area contributed by atoms with Crippen LogP contribution in [0.15, 0.2) is 46.9 Å². The first kappa shape index (κ1) is 17.2. The first-order valence-electron chi connectivity index (χ1n) is 6.74. The van der Waals surface area contributed by atoms with Gasteiger partial charge in [0.1, 0.15) is 11.4 Å². The molecule has 120 valence electrons. The molecule has 0 aromatic heterocycles. The molecule has 23 heavy (non-hydrogen) atoms. The van der Waals surface area contributed by atoms with Crippen LogP contribution in [0.3, 0.4) is 0 Å². The highest BCUT2D eigenvalue weighted by atomic mass is 79.9. The number of hydrogen-bond donors (Lipinski definition) is 2. The third-order valence-electron chi connectivity index (χ3n) is 2.83. The summed E-state index contributed by atoms with van der Waals surface area (Å²) in [5.74, 6) is 0.441. The lowest BCUT2D eigenvalue weighted by Gasteiger charge is -2.12. The standard InChI is InChI=1S/C15H14BrN3O3S/c1-2-22-12-7-8-13(14(9-12)19(20)21)18-15(23)17-11-5-3-10(16)4-6-11/h3-9H,2H2,1H3,(H2,17,18,23). The third-order valence-corrected chi connectivity index (χ3v) is 3.56. The molecule has 0 bridgehead atoms. The Morgan fingerprint density at radius 2 is 1.96 bits per heavy atom. The third kappa shape index (κ3) is 4.90. The predicted octanol–water partition coefficient (Wildman–Crippen LogP) is 4.56. The van der Waals surface area contributed by atoms with Crippen LogP contribution in [0.1, 0.15) is 6.92 Å². The van der Waals surface area contributed by atoms with Crippen molar-refractivity contribution in [3.05, 3.63) is 57.1 Å². The van der Waals surface area contributed by atoms with E-state index in [0.717, 1.165) is 10.2 Å². The SMILES string of the molecule is CCOc1ccc(NC(=S)Nc2ccc(Br)cc2)c([N+](=O)[O-])c1. The fraction of sp³-hybridized carbons (Fsp3) is 0.133. The highest BCUT2D eigenvalue weighted by molar-refractivity contribution is 9.10. The molecule has 0 spiro atoms. The van der Waals surface area contributed by atoms with E-state index in [2.05, 4.69) is 26.6 Å². The highest BCUT2D eigenvalue weighted by Gasteiger charge is 2.16. The zero-order valence-corrected chi connectivity index (χ0v) is 14.6. The van der Waals surface area contributed by atoms with Crippen LogP contribution in [0.4, 0.5) is 17.1 Å². The summed E-state index contributed by atoms with van der Waals surface area (Å²) in [6.45, 7) is 2.25. The maximum absolute atomic E-state index is 11.2. The number of benzene rings is 2. The molecule has 0 amide bonds. The number of nitro benzene ring substituents is 1. The smallest absolute Gasteiger partial charge is 0.296 e. The summed E-state index contributed by atoms with van der Waals surface area (Å²) in [5, 5.41) is 17.3. The van der Waals surface area contributed by atoms with Crippen LogP contribution < -0.4 is 15.4 Å². The molecule has 0 heterocycles. The second-order valence-corrected chi connectivity index (χ2v) is 5.78. The molecule has 0 aliphatic carbocycles. The monoisotopic (exact) mass is 395 g/mol. The maximum Gasteiger partial charge on any atom is 0.296 e. The molecule has 0 saturated heterocycles. The summed E-state index contributed by atoms with van der Waals surface area (Å²) in [7, 11) is 0. The van der Waals surface area contributed by atoms with Crippen molar-refractivity contribution in [1.29, 1.82) is 0 Å². The fourth-order valence-corrected chi connectivity index (χ4v) is 2.33. The van der Waals surface area contributed by atoms with Gasteiger partial charge in [-0.15, -0.1) is 0 Å². The molecule has 2 aromatic rings. The van der Waals surface area contributed by atoms with Crippen molar-refractivity contribution in [3.63, 3.8) is 0 Å². The normalized spacial score (nSPS) is 10.0. The molecule has 2 N–H and O–H groups in total. The van der Waals surface area contributed by atoms with Gasteiger partial charge in [-0.2, -0.15) is 0 Å². The van der Waals surface area contributed by atoms with Crippen molar-refractivity contribution in [1.82, 2.24) is 0 Å². The van der Waals surface area contributed by atoms with E-state index in [1.807, 2.05) is 31.2 Å². The maximum atomic E-state index is 11.2. The van der Waals surface area contributed by atoms with Gasteiger partial charge in [0.25, 0.3) is 5.69 Å². The molecule has 2 aromatic carbocycles. The van der Waals surface area contributed by atoms with Crippen LogP contribution in [-0.4, -0.2) is 16.6 Å². The zero-order chi connectivity index (χ0) is 16.8. The molecule has 2 rings (SSSR count). The van der Waals surface area contributed by atoms with Gasteiger partial charge >= 0.3 is 0 Å². The van der Waals surface area contributed by atoms with Crippen molar-refractivity contribution < 1.29 is 9.66 Å². The van der Waals surface area contributed by atoms with E-state index in [1.54, 1.807) is 12.1 Å². The second kappa shape index (κ2) is 7.89. The van der Waals surface area contributed by atoms with Gasteiger partial charge in [-0.25, -0.2) is 0 Å². The summed E-state index contributed by atoms with van der Waals surface area (Å²) in [6, 6.07) is 12.0. The molecule has 0 fully saturated rings. The van der Waals surface area contributed by atoms with E-state index in [1.165, 1.54) is 6.07 Å². The van der Waals surface area contributed by atoms with Crippen LogP contribution in [0.25, 0.3) is 0 Å². The molecule has 0 aliphatic rings. The zero-order valence-electron chi connectivity index (χ0n) is 12.2. The molecule has 8 heteroatoms. The lowest BCUT2D eigenvalue weighted by molar-refractivity contribution is -0.384. The van der Waals surface area contributed by atoms with E-state index < -0.39 is 4.92 Å². The van der Waals surface area contributed by atoms with Crippen molar-refractivity contribution in [2.75, 3.05) is 17.2 Å². The highest BCUT2D eigenvalue weighted by Crippen LogP contribution is 2.29. The molecular formula is C15H14BrN3O3S. The van der Waals surface area contributed by atoms with Gasteiger partial charge in [0, 0.05) is 10.2 Å². The lowest BCUT2D eigenvalue weighted by atomic mass is 10.2. The van der Waals surface area contributed by atoms with Gasteiger partial charge < -0.3 is 15.4 Å². The summed E-state index contributed by atoms with van der Waals surface area (Å²) < 4.78 is 6.23. The van der Waals surface area contributed by atoms with Crippen LogP contribution in [0.5, 0.6) is 5.75 Å². The molecule has 0 radical (unpaired) electrons. The minimum Gasteiger partial charge on any atom is -0.494 e. The van der Waals surface area contributed by atoms with Gasteiger partial charge in [-0.05, 0) is 55.5 Å². The molecule has 0 unspecified atom stereocenters. The van der Waals surface area contributed by atoms with E-state index in [0.29, 0.717) is 18.0 Å². The Balaban J connectivity index is 2.13. The number of anilines is 2. The van der Waals surface area contributed by atoms with E-state index in [4.69, 9.17) is 17.0 Å². The predicted molar refractivity (Wildman–Crippen MR) is 98.3 cm³/mol. The second-order valence-electron chi connectivity index (χ2n) is 4.46. The molecule has 0 aliphatic heterocycles. The Morgan fingerprint density at radius 1 is 1.26 bits per heavy atom. The van der Waals surface area contributed by atoms with Crippen molar-refractivity contribution in [2.45, 2.75) is 6.92 Å². The number of ether oxygens (including phenoxy) is 1. The minimum absolute atomic E-state index is 0.101. The average molecular weight is 396 g/mol. The van der Waals surface area contributed by atoms with Crippen LogP contribution in [-0.2, 0) is 0 Å². The number of nitro groups is 1. The summed E-state index contributed by atoms with van der Waals surface area (Å²) in [5.41, 5.74) is 0.975. The number of thiocarbonyl (C=S) groups is 1. The lowest BCUT2D eigenvalue weighted by Crippen LogP contribution is -2.19. The van der Waals surface area contributed by atoms with E-state index in [9.17, 15) is 10.1 Å². The Bertz CT molecular complexity index is 722. The summed E-state index contributed by atoms with van der Waals surface area (Å²) in [4.78, 5) is 10.7. The van der Waals surface area contributed by atoms with Gasteiger partial charge in [0.15, 0.2) is 5.11 Å². The quantitative estimate of drug-likeness (QED) is 0.438. The van der Waals surface area contributed by atoms with E-state index >= 15 is 0 Å². The Hall–Kier alpha value is -2.19. The topological polar surface area (TPSA) is 76.4 Å². The summed E-state index contributed by atoms with van der Waals surface area (Å²) in [6.07, 6.45) is 0. The molecule has 0 saturated carbocycles. The van der Waals surface area contributed by atoms with Crippen molar-refractivity contribution in [2.24, 2.45) is 0 Å². The number of rotatable bonds is 5. The average Bonchev–Trinajstić information content (AvgIpc) is 2.51. The van der Waals surface area contributed by atoms with Gasteiger partial charge in [-0.3, -0.25) is 10.1 Å². The number of nitrogens with one attached hydrogen (secondary N) is 2. The van der Waals surface area contributed by atoms with Crippen LogP contribution in [0.2, 0.25) is 0 Å². The number of nitrogens with zero attached hydrogens (tertiary/aromatic N) is 1. The minimum atomic E-state index is -0.479. The van der Waals surface area contributed by atoms with Crippen molar-refractivity contribution >= 4 is 50.3 Å². The summed E-state index contributed by atoms with van der Waals surface area (Å²) >= 11 is 8.54. The molecule has 0 atom stereocenters. The van der Waals surface area contributed by atoms with E-state index in [-0.39, 0.29) is 10.8 Å². The first-order chi connectivity index (χ1) is 11.0. The Morgan fingerprint density at radius 3 is 2.57 bits per heavy atom. The van der Waals surface area contributed by atoms with Gasteiger partial charge in [0.05, 0.1) is 17.6 Å². The van der Waals surface area contributed by atoms with Gasteiger partial charge in [-0.1, -0.05) is 15.9 Å². The number of halogens is 1. The number of hydrogen-bond acceptors (Lipinski definition) is 4. The van der Waals surface area contributed by atoms with Crippen molar-refractivity contribution in [3.8, 4) is 5.75 Å². The Kier molecular flexibility index (Phi) is 5.89. The Labute approximate surface area is 147 Å². The largest absolute Gasteiger partial charge is 0.494 e. The van der Waals surface area contributed by atoms with Crippen LogP contribution in [0, 0.1) is 10.1 Å². The first-order valence-corrected chi connectivity index (χ1v) is 7.94. The molecule has 6 nitrogen and oxygen atoms in total. The fourth-order valence-electron chi connectivity index (χ4n) is 1.84. The van der Waals surface area contributed by atoms with Gasteiger partial charge in [0.2, 0.25) is 0 Å². The van der Waals surface area contributed by atoms with Crippen LogP contribution >= 0.6 is 28.1 Å².